The highest BCUT2D eigenvalue weighted by Crippen LogP contribution is 2.11. The molecule has 0 spiro atoms. The number of rotatable bonds is 17. The van der Waals surface area contributed by atoms with Crippen LogP contribution >= 0.6 is 0 Å². The largest absolute Gasteiger partial charge is 0.342 e. The van der Waals surface area contributed by atoms with Crippen molar-refractivity contribution in [2.45, 2.75) is 104 Å². The lowest BCUT2D eigenvalue weighted by Gasteiger charge is -2.11. The van der Waals surface area contributed by atoms with Crippen LogP contribution in [0.15, 0.2) is 0 Å². The maximum Gasteiger partial charge on any atom is 0.248 e. The van der Waals surface area contributed by atoms with E-state index in [0.717, 1.165) is 26.4 Å². The minimum absolute atomic E-state index is 0.799. The number of likely N-dealkylation sites (N-methyl/N-ethyl adjacent to an activating group) is 1. The van der Waals surface area contributed by atoms with Crippen LogP contribution < -0.4 is 0 Å². The van der Waals surface area contributed by atoms with Crippen LogP contribution in [0.25, 0.3) is 0 Å². The SMILES string of the molecule is CCCCCCCCCCCCOC[N+]1=C(CCCC)N(CC)CC1. The molecular formula is C22H45N2O+. The molecule has 148 valence electrons. The normalized spacial score (nSPS) is 14.8. The van der Waals surface area contributed by atoms with E-state index >= 15 is 0 Å². The van der Waals surface area contributed by atoms with Crippen LogP contribution in [0.1, 0.15) is 104 Å². The van der Waals surface area contributed by atoms with Gasteiger partial charge in [0.25, 0.3) is 0 Å². The van der Waals surface area contributed by atoms with Gasteiger partial charge in [-0.1, -0.05) is 78.1 Å². The van der Waals surface area contributed by atoms with Gasteiger partial charge >= 0.3 is 0 Å². The van der Waals surface area contributed by atoms with Crippen molar-refractivity contribution in [3.05, 3.63) is 0 Å². The molecule has 0 aromatic carbocycles. The fraction of sp³-hybridized carbons (Fsp3) is 0.955. The first-order valence-electron chi connectivity index (χ1n) is 11.3. The Morgan fingerprint density at radius 3 is 2.00 bits per heavy atom. The van der Waals surface area contributed by atoms with E-state index in [9.17, 15) is 0 Å². The molecule has 0 saturated heterocycles. The molecule has 0 bridgehead atoms. The molecule has 0 radical (unpaired) electrons. The molecule has 1 heterocycles. The lowest BCUT2D eigenvalue weighted by molar-refractivity contribution is -0.560. The van der Waals surface area contributed by atoms with E-state index in [4.69, 9.17) is 4.74 Å². The van der Waals surface area contributed by atoms with Crippen molar-refractivity contribution in [1.82, 2.24) is 4.90 Å². The minimum Gasteiger partial charge on any atom is -0.342 e. The fourth-order valence-electron chi connectivity index (χ4n) is 3.70. The van der Waals surface area contributed by atoms with E-state index in [-0.39, 0.29) is 0 Å². The molecule has 0 saturated carbocycles. The quantitative estimate of drug-likeness (QED) is 0.242. The highest BCUT2D eigenvalue weighted by Gasteiger charge is 2.28. The molecule has 3 nitrogen and oxygen atoms in total. The van der Waals surface area contributed by atoms with E-state index in [1.54, 1.807) is 0 Å². The molecule has 0 aliphatic carbocycles. The Morgan fingerprint density at radius 2 is 1.40 bits per heavy atom. The summed E-state index contributed by atoms with van der Waals surface area (Å²) in [7, 11) is 0. The first-order chi connectivity index (χ1) is 12.3. The zero-order valence-corrected chi connectivity index (χ0v) is 17.5. The van der Waals surface area contributed by atoms with Gasteiger partial charge in [0.2, 0.25) is 5.84 Å². The van der Waals surface area contributed by atoms with Crippen LogP contribution in [0, 0.1) is 0 Å². The Labute approximate surface area is 157 Å². The zero-order valence-electron chi connectivity index (χ0n) is 17.5. The first-order valence-corrected chi connectivity index (χ1v) is 11.3. The maximum absolute atomic E-state index is 5.97. The molecule has 0 fully saturated rings. The van der Waals surface area contributed by atoms with Gasteiger partial charge in [-0.05, 0) is 19.8 Å². The van der Waals surface area contributed by atoms with Crippen molar-refractivity contribution < 1.29 is 9.31 Å². The summed E-state index contributed by atoms with van der Waals surface area (Å²) in [6.45, 7) is 12.0. The van der Waals surface area contributed by atoms with Gasteiger partial charge in [-0.3, -0.25) is 4.90 Å². The van der Waals surface area contributed by atoms with Crippen molar-refractivity contribution in [2.24, 2.45) is 0 Å². The van der Waals surface area contributed by atoms with E-state index < -0.39 is 0 Å². The Hall–Kier alpha value is -0.570. The van der Waals surface area contributed by atoms with Crippen LogP contribution in [0.2, 0.25) is 0 Å². The van der Waals surface area contributed by atoms with Gasteiger partial charge < -0.3 is 4.74 Å². The van der Waals surface area contributed by atoms with E-state index in [1.807, 2.05) is 0 Å². The summed E-state index contributed by atoms with van der Waals surface area (Å²) in [4.78, 5) is 2.53. The van der Waals surface area contributed by atoms with Crippen molar-refractivity contribution >= 4 is 5.84 Å². The lowest BCUT2D eigenvalue weighted by Crippen LogP contribution is -2.29. The van der Waals surface area contributed by atoms with E-state index in [1.165, 1.54) is 95.9 Å². The van der Waals surface area contributed by atoms with Crippen LogP contribution in [0.3, 0.4) is 0 Å². The van der Waals surface area contributed by atoms with Gasteiger partial charge in [-0.25, -0.2) is 4.58 Å². The average Bonchev–Trinajstić information content (AvgIpc) is 3.02. The average molecular weight is 354 g/mol. The number of hydrogen-bond acceptors (Lipinski definition) is 2. The highest BCUT2D eigenvalue weighted by molar-refractivity contribution is 5.78. The first kappa shape index (κ1) is 22.5. The molecule has 1 aliphatic rings. The van der Waals surface area contributed by atoms with Crippen LogP contribution in [0.4, 0.5) is 0 Å². The summed E-state index contributed by atoms with van der Waals surface area (Å²) >= 11 is 0. The summed E-state index contributed by atoms with van der Waals surface area (Å²) in [5.41, 5.74) is 0. The van der Waals surface area contributed by atoms with Gasteiger partial charge in [0, 0.05) is 6.42 Å². The van der Waals surface area contributed by atoms with Crippen molar-refractivity contribution in [1.29, 1.82) is 0 Å². The van der Waals surface area contributed by atoms with Crippen LogP contribution in [0.5, 0.6) is 0 Å². The standard InChI is InChI=1S/C22H45N2O/c1-4-7-9-10-11-12-13-14-15-16-20-25-21-24-19-18-23(6-3)22(24)17-8-5-2/h4-21H2,1-3H3/q+1. The molecule has 0 amide bonds. The second-order valence-corrected chi connectivity index (χ2v) is 7.58. The molecule has 0 N–H and O–H groups in total. The fourth-order valence-corrected chi connectivity index (χ4v) is 3.70. The molecule has 3 heteroatoms. The maximum atomic E-state index is 5.97. The summed E-state index contributed by atoms with van der Waals surface area (Å²) in [5, 5.41) is 0. The minimum atomic E-state index is 0.799. The predicted octanol–water partition coefficient (Wildman–Crippen LogP) is 5.82. The molecule has 1 aliphatic heterocycles. The van der Waals surface area contributed by atoms with Crippen molar-refractivity contribution in [3.63, 3.8) is 0 Å². The molecule has 0 atom stereocenters. The zero-order chi connectivity index (χ0) is 18.2. The molecular weight excluding hydrogens is 308 g/mol. The third-order valence-electron chi connectivity index (χ3n) is 5.39. The van der Waals surface area contributed by atoms with E-state index in [2.05, 4.69) is 30.2 Å². The Morgan fingerprint density at radius 1 is 0.800 bits per heavy atom. The number of amidine groups is 1. The van der Waals surface area contributed by atoms with Gasteiger partial charge in [0.1, 0.15) is 13.1 Å². The summed E-state index contributed by atoms with van der Waals surface area (Å²) in [5.74, 6) is 1.52. The Kier molecular flexibility index (Phi) is 14.1. The predicted molar refractivity (Wildman–Crippen MR) is 110 cm³/mol. The van der Waals surface area contributed by atoms with Gasteiger partial charge in [0.15, 0.2) is 6.73 Å². The summed E-state index contributed by atoms with van der Waals surface area (Å²) in [6, 6.07) is 0. The molecule has 0 aromatic heterocycles. The third-order valence-corrected chi connectivity index (χ3v) is 5.39. The summed E-state index contributed by atoms with van der Waals surface area (Å²) < 4.78 is 8.44. The highest BCUT2D eigenvalue weighted by atomic mass is 16.5. The van der Waals surface area contributed by atoms with Crippen LogP contribution in [-0.4, -0.2) is 48.3 Å². The smallest absolute Gasteiger partial charge is 0.248 e. The third kappa shape index (κ3) is 10.2. The Balaban J connectivity index is 2.01. The number of nitrogens with zero attached hydrogens (tertiary/aromatic N) is 2. The lowest BCUT2D eigenvalue weighted by atomic mass is 10.1. The molecule has 25 heavy (non-hydrogen) atoms. The van der Waals surface area contributed by atoms with Gasteiger partial charge in [-0.2, -0.15) is 0 Å². The second-order valence-electron chi connectivity index (χ2n) is 7.58. The number of ether oxygens (including phenoxy) is 1. The second kappa shape index (κ2) is 15.7. The van der Waals surface area contributed by atoms with Crippen LogP contribution in [-0.2, 0) is 4.74 Å². The number of unbranched alkanes of at least 4 members (excludes halogenated alkanes) is 10. The molecule has 0 aromatic rings. The molecule has 1 rings (SSSR count). The van der Waals surface area contributed by atoms with E-state index in [0.29, 0.717) is 0 Å². The number of hydrogen-bond donors (Lipinski definition) is 0. The molecule has 0 unspecified atom stereocenters. The topological polar surface area (TPSA) is 15.5 Å². The van der Waals surface area contributed by atoms with Gasteiger partial charge in [-0.15, -0.1) is 0 Å². The van der Waals surface area contributed by atoms with Gasteiger partial charge in [0.05, 0.1) is 13.2 Å². The van der Waals surface area contributed by atoms with Crippen molar-refractivity contribution in [3.8, 4) is 0 Å². The summed E-state index contributed by atoms with van der Waals surface area (Å²) in [6.07, 6.45) is 17.7. The van der Waals surface area contributed by atoms with Crippen molar-refractivity contribution in [2.75, 3.05) is 33.0 Å². The monoisotopic (exact) mass is 353 g/mol. The Bertz CT molecular complexity index is 341.